The first kappa shape index (κ1) is 18.6. The van der Waals surface area contributed by atoms with Crippen LogP contribution in [0.4, 0.5) is 0 Å². The third-order valence-electron chi connectivity index (χ3n) is 3.28. The molecular formula is C16H12Br2N2O3S. The summed E-state index contributed by atoms with van der Waals surface area (Å²) in [4.78, 5) is 27.2. The van der Waals surface area contributed by atoms with Gasteiger partial charge in [0.25, 0.3) is 11.8 Å². The van der Waals surface area contributed by atoms with Crippen LogP contribution >= 0.6 is 44.1 Å². The predicted molar refractivity (Wildman–Crippen MR) is 102 cm³/mol. The van der Waals surface area contributed by atoms with Crippen molar-refractivity contribution in [2.75, 3.05) is 20.7 Å². The zero-order chi connectivity index (χ0) is 18.0. The molecule has 0 bridgehead atoms. The van der Waals surface area contributed by atoms with Crippen LogP contribution in [0.1, 0.15) is 5.56 Å². The van der Waals surface area contributed by atoms with Crippen molar-refractivity contribution in [3.05, 3.63) is 32.2 Å². The summed E-state index contributed by atoms with van der Waals surface area (Å²) >= 11 is 11.8. The summed E-state index contributed by atoms with van der Waals surface area (Å²) in [5, 5.41) is 0.169. The van der Waals surface area contributed by atoms with Crippen LogP contribution in [0.15, 0.2) is 26.7 Å². The summed E-state index contributed by atoms with van der Waals surface area (Å²) in [5.41, 5.74) is 0.679. The van der Waals surface area contributed by atoms with E-state index in [4.69, 9.17) is 23.4 Å². The summed E-state index contributed by atoms with van der Waals surface area (Å²) < 4.78 is 6.72. The molecule has 24 heavy (non-hydrogen) atoms. The second kappa shape index (κ2) is 7.47. The second-order valence-electron chi connectivity index (χ2n) is 4.88. The van der Waals surface area contributed by atoms with Crippen molar-refractivity contribution >= 4 is 67.1 Å². The molecule has 0 saturated carbocycles. The number of hydrogen-bond acceptors (Lipinski definition) is 4. The van der Waals surface area contributed by atoms with Gasteiger partial charge >= 0.3 is 0 Å². The molecule has 0 spiro atoms. The fraction of sp³-hybridized carbons (Fsp3) is 0.188. The summed E-state index contributed by atoms with van der Waals surface area (Å²) in [6.45, 7) is 0.127. The molecule has 0 N–H and O–H groups in total. The Bertz CT molecular complexity index is 765. The standard InChI is InChI=1S/C16H12Br2N2O3S/c1-4-5-23-13-11(17)7-9(8-12(13)18)6-10-14(21)19(2)16(24)20(3)15(10)22/h1,6-8H,5H2,2-3H3. The highest BCUT2D eigenvalue weighted by Gasteiger charge is 2.35. The third-order valence-corrected chi connectivity index (χ3v) is 5.00. The third kappa shape index (κ3) is 3.53. The molecular weight excluding hydrogens is 460 g/mol. The van der Waals surface area contributed by atoms with Crippen LogP contribution in [0.2, 0.25) is 0 Å². The lowest BCUT2D eigenvalue weighted by atomic mass is 10.1. The Morgan fingerprint density at radius 2 is 1.71 bits per heavy atom. The number of benzene rings is 1. The highest BCUT2D eigenvalue weighted by atomic mass is 79.9. The Hall–Kier alpha value is -1.69. The number of terminal acetylenes is 1. The van der Waals surface area contributed by atoms with E-state index in [0.717, 1.165) is 0 Å². The Morgan fingerprint density at radius 1 is 1.21 bits per heavy atom. The molecule has 5 nitrogen and oxygen atoms in total. The summed E-state index contributed by atoms with van der Waals surface area (Å²) in [7, 11) is 3.06. The second-order valence-corrected chi connectivity index (χ2v) is 6.95. The molecule has 0 radical (unpaired) electrons. The van der Waals surface area contributed by atoms with Gasteiger partial charge in [0, 0.05) is 14.1 Å². The number of carbonyl (C=O) groups is 2. The van der Waals surface area contributed by atoms with E-state index in [-0.39, 0.29) is 17.3 Å². The van der Waals surface area contributed by atoms with E-state index in [9.17, 15) is 9.59 Å². The van der Waals surface area contributed by atoms with E-state index < -0.39 is 11.8 Å². The van der Waals surface area contributed by atoms with Gasteiger partial charge in [0.15, 0.2) is 5.11 Å². The molecule has 2 amide bonds. The van der Waals surface area contributed by atoms with Gasteiger partial charge in [-0.3, -0.25) is 19.4 Å². The Balaban J connectivity index is 2.44. The van der Waals surface area contributed by atoms with Crippen molar-refractivity contribution in [1.29, 1.82) is 0 Å². The number of ether oxygens (including phenoxy) is 1. The molecule has 1 saturated heterocycles. The molecule has 0 atom stereocenters. The van der Waals surface area contributed by atoms with E-state index >= 15 is 0 Å². The van der Waals surface area contributed by atoms with Crippen molar-refractivity contribution in [3.63, 3.8) is 0 Å². The van der Waals surface area contributed by atoms with Crippen LogP contribution in [0, 0.1) is 12.3 Å². The average molecular weight is 472 g/mol. The zero-order valence-corrected chi connectivity index (χ0v) is 16.8. The minimum absolute atomic E-state index is 0.0321. The maximum atomic E-state index is 12.3. The lowest BCUT2D eigenvalue weighted by Crippen LogP contribution is -2.52. The van der Waals surface area contributed by atoms with Crippen LogP contribution in [0.5, 0.6) is 5.75 Å². The highest BCUT2D eigenvalue weighted by molar-refractivity contribution is 9.11. The molecule has 124 valence electrons. The molecule has 1 fully saturated rings. The van der Waals surface area contributed by atoms with Crippen molar-refractivity contribution in [3.8, 4) is 18.1 Å². The van der Waals surface area contributed by atoms with Gasteiger partial charge in [-0.15, -0.1) is 6.42 Å². The van der Waals surface area contributed by atoms with Crippen LogP contribution in [-0.4, -0.2) is 47.4 Å². The summed E-state index contributed by atoms with van der Waals surface area (Å²) in [6, 6.07) is 3.47. The molecule has 2 rings (SSSR count). The SMILES string of the molecule is C#CCOc1c(Br)cc(C=C2C(=O)N(C)C(=S)N(C)C2=O)cc1Br. The van der Waals surface area contributed by atoms with E-state index in [1.54, 1.807) is 12.1 Å². The lowest BCUT2D eigenvalue weighted by molar-refractivity contribution is -0.132. The molecule has 8 heteroatoms. The van der Waals surface area contributed by atoms with Gasteiger partial charge in [-0.05, 0) is 67.8 Å². The topological polar surface area (TPSA) is 49.9 Å². The van der Waals surface area contributed by atoms with Crippen LogP contribution in [0.25, 0.3) is 6.08 Å². The number of nitrogens with zero attached hydrogens (tertiary/aromatic N) is 2. The first-order valence-corrected chi connectivity index (χ1v) is 8.64. The van der Waals surface area contributed by atoms with Gasteiger partial charge in [-0.2, -0.15) is 0 Å². The van der Waals surface area contributed by atoms with Gasteiger partial charge in [-0.1, -0.05) is 5.92 Å². The van der Waals surface area contributed by atoms with Gasteiger partial charge in [0.05, 0.1) is 8.95 Å². The molecule has 1 heterocycles. The molecule has 0 aliphatic carbocycles. The fourth-order valence-corrected chi connectivity index (χ4v) is 3.67. The van der Waals surface area contributed by atoms with Gasteiger partial charge in [-0.25, -0.2) is 0 Å². The van der Waals surface area contributed by atoms with Crippen molar-refractivity contribution in [1.82, 2.24) is 9.80 Å². The smallest absolute Gasteiger partial charge is 0.265 e. The van der Waals surface area contributed by atoms with Crippen molar-refractivity contribution < 1.29 is 14.3 Å². The first-order chi connectivity index (χ1) is 11.3. The highest BCUT2D eigenvalue weighted by Crippen LogP contribution is 2.35. The quantitative estimate of drug-likeness (QED) is 0.294. The largest absolute Gasteiger partial charge is 0.479 e. The number of carbonyl (C=O) groups excluding carboxylic acids is 2. The van der Waals surface area contributed by atoms with Crippen LogP contribution in [-0.2, 0) is 9.59 Å². The van der Waals surface area contributed by atoms with E-state index in [2.05, 4.69) is 37.8 Å². The van der Waals surface area contributed by atoms with Gasteiger partial charge in [0.1, 0.15) is 17.9 Å². The molecule has 1 aliphatic heterocycles. The number of halogens is 2. The molecule has 0 aromatic heterocycles. The summed E-state index contributed by atoms with van der Waals surface area (Å²) in [6.07, 6.45) is 6.70. The Kier molecular flexibility index (Phi) is 5.80. The minimum atomic E-state index is -0.442. The predicted octanol–water partition coefficient (Wildman–Crippen LogP) is 2.82. The van der Waals surface area contributed by atoms with E-state index in [1.807, 2.05) is 0 Å². The Morgan fingerprint density at radius 3 is 2.17 bits per heavy atom. The lowest BCUT2D eigenvalue weighted by Gasteiger charge is -2.31. The van der Waals surface area contributed by atoms with Gasteiger partial charge in [0.2, 0.25) is 0 Å². The number of likely N-dealkylation sites (N-methyl/N-ethyl adjacent to an activating group) is 2. The molecule has 1 aromatic carbocycles. The maximum absolute atomic E-state index is 12.3. The molecule has 1 aliphatic rings. The number of thiocarbonyl (C=S) groups is 1. The maximum Gasteiger partial charge on any atom is 0.265 e. The minimum Gasteiger partial charge on any atom is -0.479 e. The molecule has 0 unspecified atom stereocenters. The number of rotatable bonds is 3. The van der Waals surface area contributed by atoms with Crippen LogP contribution < -0.4 is 4.74 Å². The van der Waals surface area contributed by atoms with Crippen molar-refractivity contribution in [2.24, 2.45) is 0 Å². The van der Waals surface area contributed by atoms with Gasteiger partial charge < -0.3 is 4.74 Å². The summed E-state index contributed by atoms with van der Waals surface area (Å²) in [5.74, 6) is 2.05. The van der Waals surface area contributed by atoms with E-state index in [0.29, 0.717) is 20.3 Å². The van der Waals surface area contributed by atoms with Crippen molar-refractivity contribution in [2.45, 2.75) is 0 Å². The average Bonchev–Trinajstić information content (AvgIpc) is 2.54. The van der Waals surface area contributed by atoms with Crippen LogP contribution in [0.3, 0.4) is 0 Å². The first-order valence-electron chi connectivity index (χ1n) is 6.65. The zero-order valence-electron chi connectivity index (χ0n) is 12.8. The Labute approximate surface area is 161 Å². The monoisotopic (exact) mass is 470 g/mol. The van der Waals surface area contributed by atoms with E-state index in [1.165, 1.54) is 30.0 Å². The number of hydrogen-bond donors (Lipinski definition) is 0. The number of amides is 2. The fourth-order valence-electron chi connectivity index (χ4n) is 2.06. The normalized spacial score (nSPS) is 14.8. The molecule has 1 aromatic rings.